The van der Waals surface area contributed by atoms with Gasteiger partial charge in [-0.2, -0.15) is 0 Å². The number of halogens is 2. The Hall–Kier alpha value is -1.87. The van der Waals surface area contributed by atoms with Gasteiger partial charge in [-0.3, -0.25) is 9.89 Å². The standard InChI is InChI=1S/C15H18F2N4O2S/c1-2-23-14(22)10-7-19-12(13-18-4-6-24-13)20-11(10)8-21-5-3-15(16,17)9-21/h4,6H,2-3,5,7-9H2,1H3,(H,19,20). The Labute approximate surface area is 142 Å². The predicted octanol–water partition coefficient (Wildman–Crippen LogP) is 1.65. The first-order chi connectivity index (χ1) is 11.5. The van der Waals surface area contributed by atoms with Crippen molar-refractivity contribution in [3.63, 3.8) is 0 Å². The summed E-state index contributed by atoms with van der Waals surface area (Å²) in [6.45, 7) is 2.34. The number of amidine groups is 1. The minimum atomic E-state index is -2.68. The molecule has 0 saturated carbocycles. The highest BCUT2D eigenvalue weighted by Gasteiger charge is 2.39. The molecule has 3 heterocycles. The quantitative estimate of drug-likeness (QED) is 0.813. The van der Waals surface area contributed by atoms with Gasteiger partial charge < -0.3 is 10.1 Å². The molecule has 0 aliphatic carbocycles. The smallest absolute Gasteiger partial charge is 0.337 e. The van der Waals surface area contributed by atoms with Crippen LogP contribution in [0.4, 0.5) is 8.78 Å². The van der Waals surface area contributed by atoms with Crippen LogP contribution in [0.1, 0.15) is 18.4 Å². The van der Waals surface area contributed by atoms with Gasteiger partial charge in [0.2, 0.25) is 0 Å². The van der Waals surface area contributed by atoms with Crippen LogP contribution in [0.25, 0.3) is 0 Å². The van der Waals surface area contributed by atoms with Gasteiger partial charge in [-0.1, -0.05) is 0 Å². The average molecular weight is 356 g/mol. The maximum absolute atomic E-state index is 13.4. The van der Waals surface area contributed by atoms with E-state index in [1.165, 1.54) is 11.3 Å². The summed E-state index contributed by atoms with van der Waals surface area (Å²) in [7, 11) is 0. The summed E-state index contributed by atoms with van der Waals surface area (Å²) < 4.78 is 31.9. The van der Waals surface area contributed by atoms with Gasteiger partial charge in [0.1, 0.15) is 0 Å². The number of nitrogens with one attached hydrogen (secondary N) is 1. The molecule has 0 bridgehead atoms. The second-order valence-electron chi connectivity index (χ2n) is 5.62. The van der Waals surface area contributed by atoms with E-state index in [1.807, 2.05) is 5.38 Å². The number of alkyl halides is 2. The molecule has 0 spiro atoms. The number of likely N-dealkylation sites (tertiary alicyclic amines) is 1. The molecule has 3 rings (SSSR count). The second kappa shape index (κ2) is 6.94. The third kappa shape index (κ3) is 3.78. The van der Waals surface area contributed by atoms with Gasteiger partial charge in [-0.05, 0) is 6.92 Å². The normalized spacial score (nSPS) is 20.7. The molecule has 1 aromatic rings. The van der Waals surface area contributed by atoms with Gasteiger partial charge in [0, 0.05) is 36.8 Å². The average Bonchev–Trinajstić information content (AvgIpc) is 3.17. The Kier molecular flexibility index (Phi) is 4.91. The third-order valence-corrected chi connectivity index (χ3v) is 4.60. The molecule has 24 heavy (non-hydrogen) atoms. The van der Waals surface area contributed by atoms with E-state index >= 15 is 0 Å². The molecule has 9 heteroatoms. The fourth-order valence-corrected chi connectivity index (χ4v) is 3.28. The lowest BCUT2D eigenvalue weighted by Crippen LogP contribution is -2.38. The molecule has 130 valence electrons. The maximum atomic E-state index is 13.4. The molecule has 6 nitrogen and oxygen atoms in total. The van der Waals surface area contributed by atoms with Crippen molar-refractivity contribution in [1.82, 2.24) is 15.2 Å². The Bertz CT molecular complexity index is 673. The van der Waals surface area contributed by atoms with Gasteiger partial charge in [0.05, 0.1) is 25.3 Å². The Morgan fingerprint density at radius 1 is 1.54 bits per heavy atom. The fourth-order valence-electron chi connectivity index (χ4n) is 2.68. The molecule has 2 aliphatic heterocycles. The number of nitrogens with zero attached hydrogens (tertiary/aromatic N) is 3. The van der Waals surface area contributed by atoms with Crippen LogP contribution in [0.5, 0.6) is 0 Å². The fraction of sp³-hybridized carbons (Fsp3) is 0.533. The summed E-state index contributed by atoms with van der Waals surface area (Å²) >= 11 is 1.42. The third-order valence-electron chi connectivity index (χ3n) is 3.82. The highest BCUT2D eigenvalue weighted by molar-refractivity contribution is 7.11. The lowest BCUT2D eigenvalue weighted by atomic mass is 10.1. The van der Waals surface area contributed by atoms with E-state index in [-0.39, 0.29) is 39.2 Å². The van der Waals surface area contributed by atoms with Crippen LogP contribution in [0.2, 0.25) is 0 Å². The number of thiazole rings is 1. The molecule has 0 unspecified atom stereocenters. The molecular weight excluding hydrogens is 338 g/mol. The summed E-state index contributed by atoms with van der Waals surface area (Å²) in [6, 6.07) is 0. The number of rotatable bonds is 5. The molecule has 1 saturated heterocycles. The number of carbonyl (C=O) groups excluding carboxylic acids is 1. The lowest BCUT2D eigenvalue weighted by Gasteiger charge is -2.24. The molecule has 0 aromatic carbocycles. The molecule has 1 aromatic heterocycles. The molecule has 2 aliphatic rings. The van der Waals surface area contributed by atoms with Crippen LogP contribution >= 0.6 is 11.3 Å². The first kappa shape index (κ1) is 17.0. The Morgan fingerprint density at radius 3 is 3.00 bits per heavy atom. The number of ether oxygens (including phenoxy) is 1. The van der Waals surface area contributed by atoms with Crippen molar-refractivity contribution in [2.45, 2.75) is 19.3 Å². The van der Waals surface area contributed by atoms with E-state index in [9.17, 15) is 13.6 Å². The highest BCUT2D eigenvalue weighted by atomic mass is 32.1. The topological polar surface area (TPSA) is 66.8 Å². The summed E-state index contributed by atoms with van der Waals surface area (Å²) in [6.07, 6.45) is 1.50. The molecule has 1 fully saturated rings. The van der Waals surface area contributed by atoms with Crippen molar-refractivity contribution in [3.05, 3.63) is 27.9 Å². The number of carbonyl (C=O) groups is 1. The number of hydrogen-bond donors (Lipinski definition) is 1. The van der Waals surface area contributed by atoms with Crippen LogP contribution in [-0.2, 0) is 9.53 Å². The summed E-state index contributed by atoms with van der Waals surface area (Å²) in [5, 5.41) is 5.61. The van der Waals surface area contributed by atoms with Gasteiger partial charge in [0.15, 0.2) is 10.8 Å². The zero-order chi connectivity index (χ0) is 17.2. The zero-order valence-electron chi connectivity index (χ0n) is 13.2. The van der Waals surface area contributed by atoms with Gasteiger partial charge >= 0.3 is 5.97 Å². The van der Waals surface area contributed by atoms with Gasteiger partial charge in [0.25, 0.3) is 5.92 Å². The van der Waals surface area contributed by atoms with Crippen LogP contribution < -0.4 is 5.32 Å². The molecular formula is C15H18F2N4O2S. The maximum Gasteiger partial charge on any atom is 0.337 e. The predicted molar refractivity (Wildman–Crippen MR) is 86.3 cm³/mol. The van der Waals surface area contributed by atoms with Crippen LogP contribution in [0.15, 0.2) is 27.8 Å². The number of esters is 1. The van der Waals surface area contributed by atoms with Crippen LogP contribution in [-0.4, -0.2) is 60.4 Å². The minimum absolute atomic E-state index is 0.153. The lowest BCUT2D eigenvalue weighted by molar-refractivity contribution is -0.138. The van der Waals surface area contributed by atoms with E-state index in [0.717, 1.165) is 0 Å². The molecule has 0 amide bonds. The summed E-state index contributed by atoms with van der Waals surface area (Å²) in [5.41, 5.74) is 0.943. The first-order valence-corrected chi connectivity index (χ1v) is 8.57. The number of hydrogen-bond acceptors (Lipinski definition) is 7. The Balaban J connectivity index is 1.79. The van der Waals surface area contributed by atoms with Gasteiger partial charge in [-0.25, -0.2) is 18.6 Å². The van der Waals surface area contributed by atoms with E-state index in [0.29, 0.717) is 22.1 Å². The van der Waals surface area contributed by atoms with Gasteiger partial charge in [-0.15, -0.1) is 11.3 Å². The largest absolute Gasteiger partial charge is 0.463 e. The van der Waals surface area contributed by atoms with Crippen molar-refractivity contribution in [1.29, 1.82) is 0 Å². The summed E-state index contributed by atoms with van der Waals surface area (Å²) in [4.78, 5) is 22.3. The monoisotopic (exact) mass is 356 g/mol. The minimum Gasteiger partial charge on any atom is -0.463 e. The Morgan fingerprint density at radius 2 is 2.38 bits per heavy atom. The van der Waals surface area contributed by atoms with E-state index in [2.05, 4.69) is 15.3 Å². The number of aromatic nitrogens is 1. The van der Waals surface area contributed by atoms with Crippen molar-refractivity contribution < 1.29 is 18.3 Å². The first-order valence-electron chi connectivity index (χ1n) is 7.69. The number of aliphatic imine (C=N–C) groups is 1. The molecule has 1 N–H and O–H groups in total. The van der Waals surface area contributed by atoms with E-state index in [4.69, 9.17) is 4.74 Å². The zero-order valence-corrected chi connectivity index (χ0v) is 14.0. The SMILES string of the molecule is CCOC(=O)C1=C(CN2CCC(F)(F)C2)NC(c2nccs2)=NC1. The molecule has 0 atom stereocenters. The van der Waals surface area contributed by atoms with E-state index in [1.54, 1.807) is 18.0 Å². The van der Waals surface area contributed by atoms with Crippen molar-refractivity contribution in [2.75, 3.05) is 32.8 Å². The second-order valence-corrected chi connectivity index (χ2v) is 6.52. The highest BCUT2D eigenvalue weighted by Crippen LogP contribution is 2.27. The van der Waals surface area contributed by atoms with Crippen LogP contribution in [0, 0.1) is 0 Å². The summed E-state index contributed by atoms with van der Waals surface area (Å²) in [5.74, 6) is -2.59. The van der Waals surface area contributed by atoms with E-state index < -0.39 is 11.9 Å². The van der Waals surface area contributed by atoms with Crippen molar-refractivity contribution in [2.24, 2.45) is 4.99 Å². The van der Waals surface area contributed by atoms with Crippen molar-refractivity contribution >= 4 is 23.1 Å². The molecule has 0 radical (unpaired) electrons. The van der Waals surface area contributed by atoms with Crippen LogP contribution in [0.3, 0.4) is 0 Å². The van der Waals surface area contributed by atoms with Crippen molar-refractivity contribution in [3.8, 4) is 0 Å².